The molecule has 1 aliphatic carbocycles. The number of hydrogen-bond donors (Lipinski definition) is 1. The summed E-state index contributed by atoms with van der Waals surface area (Å²) in [5.41, 5.74) is 2.58. The molecule has 1 saturated carbocycles. The normalized spacial score (nSPS) is 22.1. The monoisotopic (exact) mass is 609 g/mol. The fraction of sp³-hybridized carbons (Fsp3) is 0.545. The first-order valence-electron chi connectivity index (χ1n) is 14.9. The van der Waals surface area contributed by atoms with Crippen molar-refractivity contribution in [2.24, 2.45) is 11.3 Å². The minimum absolute atomic E-state index is 0.0590. The molecule has 1 aromatic carbocycles. The highest BCUT2D eigenvalue weighted by atomic mass is 35.5. The fourth-order valence-corrected chi connectivity index (χ4v) is 6.28. The minimum atomic E-state index is -0.568. The van der Waals surface area contributed by atoms with Gasteiger partial charge in [0.25, 0.3) is 5.91 Å². The highest BCUT2D eigenvalue weighted by Gasteiger charge is 2.42. The molecule has 2 amide bonds. The van der Waals surface area contributed by atoms with Gasteiger partial charge in [0.15, 0.2) is 5.65 Å². The molecule has 1 saturated heterocycles. The third-order valence-corrected chi connectivity index (χ3v) is 9.06. The van der Waals surface area contributed by atoms with Crippen LogP contribution in [0.1, 0.15) is 83.3 Å². The number of amides is 2. The SMILES string of the molecule is CC1(C=O)CCC(C(=O)N2CCN(C(=O)c3cn4nc(-c5ccc(Cl)cc5)cc(C(C)(C)C)c4n3)C(C)(C)C2)CC1.CO. The van der Waals surface area contributed by atoms with Crippen LogP contribution in [0.4, 0.5) is 0 Å². The smallest absolute Gasteiger partial charge is 0.274 e. The first-order chi connectivity index (χ1) is 20.2. The van der Waals surface area contributed by atoms with E-state index >= 15 is 0 Å². The summed E-state index contributed by atoms with van der Waals surface area (Å²) in [6, 6.07) is 9.58. The van der Waals surface area contributed by atoms with E-state index in [0.29, 0.717) is 36.0 Å². The second kappa shape index (κ2) is 12.4. The predicted octanol–water partition coefficient (Wildman–Crippen LogP) is 5.41. The average molecular weight is 610 g/mol. The highest BCUT2D eigenvalue weighted by molar-refractivity contribution is 6.30. The van der Waals surface area contributed by atoms with Crippen LogP contribution in [0.25, 0.3) is 16.9 Å². The lowest BCUT2D eigenvalue weighted by Gasteiger charge is -2.48. The number of carbonyl (C=O) groups excluding carboxylic acids is 3. The van der Waals surface area contributed by atoms with Gasteiger partial charge in [0.1, 0.15) is 12.0 Å². The molecule has 2 aliphatic rings. The zero-order valence-electron chi connectivity index (χ0n) is 26.4. The molecule has 10 heteroatoms. The quantitative estimate of drug-likeness (QED) is 0.396. The molecule has 5 rings (SSSR count). The molecular formula is C33H44ClN5O4. The van der Waals surface area contributed by atoms with Gasteiger partial charge in [-0.2, -0.15) is 5.10 Å². The number of imidazole rings is 1. The Morgan fingerprint density at radius 2 is 1.67 bits per heavy atom. The van der Waals surface area contributed by atoms with Gasteiger partial charge < -0.3 is 19.7 Å². The summed E-state index contributed by atoms with van der Waals surface area (Å²) in [5, 5.41) is 12.5. The standard InChI is InChI=1S/C32H40ClN5O3.CH4O/c1-30(2,3)24-17-25(21-7-9-23(33)10-8-21)35-38-18-26(34-27(24)38)29(41)37-16-15-36(19-31(37,4)5)28(40)22-11-13-32(6,20-39)14-12-22;1-2/h7-10,17-18,20,22H,11-16,19H2,1-6H3;2H,1H3. The number of aliphatic hydroxyl groups excluding tert-OH is 1. The summed E-state index contributed by atoms with van der Waals surface area (Å²) in [4.78, 5) is 47.3. The summed E-state index contributed by atoms with van der Waals surface area (Å²) >= 11 is 6.10. The van der Waals surface area contributed by atoms with Gasteiger partial charge in [-0.05, 0) is 63.1 Å². The molecule has 1 aliphatic heterocycles. The average Bonchev–Trinajstić information content (AvgIpc) is 3.41. The molecule has 232 valence electrons. The first-order valence-corrected chi connectivity index (χ1v) is 15.3. The maximum atomic E-state index is 13.9. The molecule has 0 unspecified atom stereocenters. The van der Waals surface area contributed by atoms with Crippen molar-refractivity contribution in [3.63, 3.8) is 0 Å². The van der Waals surface area contributed by atoms with Gasteiger partial charge in [0, 0.05) is 54.2 Å². The lowest BCUT2D eigenvalue weighted by molar-refractivity contribution is -0.142. The number of fused-ring (bicyclic) bond motifs is 1. The van der Waals surface area contributed by atoms with Crippen LogP contribution in [0.15, 0.2) is 36.5 Å². The summed E-state index contributed by atoms with van der Waals surface area (Å²) in [6.45, 7) is 13.7. The number of rotatable bonds is 4. The van der Waals surface area contributed by atoms with Crippen molar-refractivity contribution in [3.8, 4) is 11.3 Å². The van der Waals surface area contributed by atoms with Crippen molar-refractivity contribution < 1.29 is 19.5 Å². The number of nitrogens with zero attached hydrogens (tertiary/aromatic N) is 5. The molecule has 0 radical (unpaired) electrons. The van der Waals surface area contributed by atoms with E-state index in [1.807, 2.05) is 60.9 Å². The third kappa shape index (κ3) is 6.78. The molecule has 0 atom stereocenters. The predicted molar refractivity (Wildman–Crippen MR) is 168 cm³/mol. The number of piperazine rings is 1. The van der Waals surface area contributed by atoms with Crippen molar-refractivity contribution in [2.75, 3.05) is 26.7 Å². The first kappa shape index (κ1) is 32.6. The Bertz CT molecular complexity index is 1480. The summed E-state index contributed by atoms with van der Waals surface area (Å²) in [5.74, 6) is -0.0873. The topological polar surface area (TPSA) is 108 Å². The number of aldehydes is 1. The largest absolute Gasteiger partial charge is 0.400 e. The second-order valence-corrected chi connectivity index (χ2v) is 14.1. The Labute approximate surface area is 259 Å². The van der Waals surface area contributed by atoms with Crippen LogP contribution in [0.2, 0.25) is 5.02 Å². The van der Waals surface area contributed by atoms with E-state index < -0.39 is 5.54 Å². The van der Waals surface area contributed by atoms with E-state index in [0.717, 1.165) is 55.9 Å². The number of halogens is 1. The molecule has 9 nitrogen and oxygen atoms in total. The van der Waals surface area contributed by atoms with Crippen molar-refractivity contribution >= 4 is 35.3 Å². The van der Waals surface area contributed by atoms with Crippen LogP contribution >= 0.6 is 11.6 Å². The van der Waals surface area contributed by atoms with E-state index in [1.54, 1.807) is 10.7 Å². The van der Waals surface area contributed by atoms with Gasteiger partial charge >= 0.3 is 0 Å². The van der Waals surface area contributed by atoms with Gasteiger partial charge in [-0.25, -0.2) is 9.50 Å². The summed E-state index contributed by atoms with van der Waals surface area (Å²) < 4.78 is 1.71. The van der Waals surface area contributed by atoms with Crippen molar-refractivity contribution in [1.82, 2.24) is 24.4 Å². The lowest BCUT2D eigenvalue weighted by atomic mass is 9.72. The van der Waals surface area contributed by atoms with Gasteiger partial charge in [-0.3, -0.25) is 9.59 Å². The summed E-state index contributed by atoms with van der Waals surface area (Å²) in [7, 11) is 1.00. The number of aromatic nitrogens is 3. The van der Waals surface area contributed by atoms with Crippen LogP contribution < -0.4 is 0 Å². The molecule has 2 fully saturated rings. The minimum Gasteiger partial charge on any atom is -0.400 e. The zero-order valence-corrected chi connectivity index (χ0v) is 27.1. The van der Waals surface area contributed by atoms with E-state index in [9.17, 15) is 14.4 Å². The Kier molecular flexibility index (Phi) is 9.38. The van der Waals surface area contributed by atoms with E-state index in [-0.39, 0.29) is 28.6 Å². The zero-order chi connectivity index (χ0) is 31.7. The molecule has 43 heavy (non-hydrogen) atoms. The van der Waals surface area contributed by atoms with Crippen LogP contribution in [-0.2, 0) is 15.0 Å². The summed E-state index contributed by atoms with van der Waals surface area (Å²) in [6.07, 6.45) is 5.71. The van der Waals surface area contributed by atoms with E-state index in [4.69, 9.17) is 26.8 Å². The van der Waals surface area contributed by atoms with Crippen molar-refractivity contribution in [2.45, 2.75) is 78.2 Å². The Balaban J connectivity index is 0.00000207. The van der Waals surface area contributed by atoms with Crippen molar-refractivity contribution in [3.05, 3.63) is 52.8 Å². The maximum Gasteiger partial charge on any atom is 0.274 e. The van der Waals surface area contributed by atoms with Crippen LogP contribution in [0.5, 0.6) is 0 Å². The van der Waals surface area contributed by atoms with Gasteiger partial charge in [0.05, 0.1) is 17.4 Å². The van der Waals surface area contributed by atoms with Crippen LogP contribution in [-0.4, -0.2) is 79.9 Å². The number of hydrogen-bond acceptors (Lipinski definition) is 6. The van der Waals surface area contributed by atoms with Gasteiger partial charge in [-0.15, -0.1) is 0 Å². The number of carbonyl (C=O) groups is 3. The second-order valence-electron chi connectivity index (χ2n) is 13.7. The van der Waals surface area contributed by atoms with E-state index in [2.05, 4.69) is 20.8 Å². The van der Waals surface area contributed by atoms with Gasteiger partial charge in [-0.1, -0.05) is 51.4 Å². The Morgan fingerprint density at radius 3 is 2.23 bits per heavy atom. The Morgan fingerprint density at radius 1 is 1.05 bits per heavy atom. The highest BCUT2D eigenvalue weighted by Crippen LogP contribution is 2.38. The molecule has 3 aromatic rings. The van der Waals surface area contributed by atoms with Crippen LogP contribution in [0.3, 0.4) is 0 Å². The van der Waals surface area contributed by atoms with Crippen LogP contribution in [0, 0.1) is 11.3 Å². The molecule has 0 bridgehead atoms. The molecular weight excluding hydrogens is 566 g/mol. The molecule has 2 aromatic heterocycles. The lowest BCUT2D eigenvalue weighted by Crippen LogP contribution is -2.62. The van der Waals surface area contributed by atoms with E-state index in [1.165, 1.54) is 0 Å². The maximum absolute atomic E-state index is 13.9. The number of aliphatic hydroxyl groups is 1. The third-order valence-electron chi connectivity index (χ3n) is 8.81. The van der Waals surface area contributed by atoms with Gasteiger partial charge in [0.2, 0.25) is 5.91 Å². The Hall–Kier alpha value is -3.30. The number of benzene rings is 1. The molecule has 3 heterocycles. The molecule has 0 spiro atoms. The fourth-order valence-electron chi connectivity index (χ4n) is 6.15. The van der Waals surface area contributed by atoms with Crippen molar-refractivity contribution in [1.29, 1.82) is 0 Å². The molecule has 1 N–H and O–H groups in total.